The Morgan fingerprint density at radius 2 is 1.73 bits per heavy atom. The molecule has 1 unspecified atom stereocenters. The van der Waals surface area contributed by atoms with Gasteiger partial charge >= 0.3 is 0 Å². The van der Waals surface area contributed by atoms with Crippen molar-refractivity contribution in [3.63, 3.8) is 0 Å². The number of hydrogen-bond acceptors (Lipinski definition) is 0. The minimum atomic E-state index is -0.112. The van der Waals surface area contributed by atoms with Crippen molar-refractivity contribution in [2.45, 2.75) is 57.8 Å². The maximum Gasteiger partial charge on any atom is 0.123 e. The van der Waals surface area contributed by atoms with Gasteiger partial charge in [-0.2, -0.15) is 0 Å². The van der Waals surface area contributed by atoms with E-state index in [1.54, 1.807) is 12.1 Å². The van der Waals surface area contributed by atoms with Gasteiger partial charge in [-0.1, -0.05) is 62.2 Å². The predicted octanol–water partition coefficient (Wildman–Crippen LogP) is 6.98. The summed E-state index contributed by atoms with van der Waals surface area (Å²) in [7, 11) is 0. The lowest BCUT2D eigenvalue weighted by molar-refractivity contribution is 0.572. The van der Waals surface area contributed by atoms with Crippen molar-refractivity contribution in [3.05, 3.63) is 82.7 Å². The number of unbranched alkanes of at least 4 members (excludes halogenated alkanes) is 2. The number of aryl methyl sites for hydroxylation is 2. The molecule has 0 fully saturated rings. The maximum absolute atomic E-state index is 13.6. The van der Waals surface area contributed by atoms with E-state index in [9.17, 15) is 4.39 Å². The Kier molecular flexibility index (Phi) is 5.06. The lowest BCUT2D eigenvalue weighted by atomic mass is 9.80. The third-order valence-corrected chi connectivity index (χ3v) is 5.87. The second-order valence-electron chi connectivity index (χ2n) is 7.75. The third-order valence-electron chi connectivity index (χ3n) is 5.87. The molecule has 0 aliphatic heterocycles. The van der Waals surface area contributed by atoms with Gasteiger partial charge in [-0.15, -0.1) is 0 Å². The van der Waals surface area contributed by atoms with Crippen LogP contribution >= 0.6 is 0 Å². The fraction of sp³-hybridized carbons (Fsp3) is 0.360. The molecule has 0 bridgehead atoms. The summed E-state index contributed by atoms with van der Waals surface area (Å²) >= 11 is 0. The van der Waals surface area contributed by atoms with Gasteiger partial charge in [0.2, 0.25) is 0 Å². The Balaban J connectivity index is 1.55. The van der Waals surface area contributed by atoms with E-state index in [1.807, 2.05) is 6.07 Å². The number of fused-ring (bicyclic) bond motifs is 2. The maximum atomic E-state index is 13.6. The van der Waals surface area contributed by atoms with Crippen molar-refractivity contribution in [2.24, 2.45) is 0 Å². The minimum absolute atomic E-state index is 0.112. The summed E-state index contributed by atoms with van der Waals surface area (Å²) in [6, 6.07) is 19.1. The molecule has 1 heteroatoms. The van der Waals surface area contributed by atoms with Crippen molar-refractivity contribution >= 4 is 10.8 Å². The van der Waals surface area contributed by atoms with E-state index in [0.29, 0.717) is 5.92 Å². The second-order valence-corrected chi connectivity index (χ2v) is 7.75. The number of halogens is 1. The Morgan fingerprint density at radius 3 is 2.62 bits per heavy atom. The first-order valence-electron chi connectivity index (χ1n) is 10.0. The summed E-state index contributed by atoms with van der Waals surface area (Å²) in [4.78, 5) is 0. The highest BCUT2D eigenvalue weighted by atomic mass is 19.1. The summed E-state index contributed by atoms with van der Waals surface area (Å²) in [5, 5.41) is 2.66. The molecule has 1 atom stereocenters. The molecular weight excluding hydrogens is 319 g/mol. The smallest absolute Gasteiger partial charge is 0.123 e. The van der Waals surface area contributed by atoms with Gasteiger partial charge in [0, 0.05) is 0 Å². The molecule has 1 aliphatic rings. The number of benzene rings is 3. The standard InChI is InChI=1S/C25H27F/c1-2-3-4-5-18-6-7-21-15-22(11-10-20(21)14-18)23-9-8-19-12-13-25(26)17-24(19)16-23/h6-7,10-15,17,23H,2-5,8-9,16H2,1H3. The summed E-state index contributed by atoms with van der Waals surface area (Å²) < 4.78 is 13.6. The molecule has 0 amide bonds. The molecular formula is C25H27F. The number of hydrogen-bond donors (Lipinski definition) is 0. The highest BCUT2D eigenvalue weighted by molar-refractivity contribution is 5.84. The summed E-state index contributed by atoms with van der Waals surface area (Å²) in [6.07, 6.45) is 8.18. The van der Waals surface area contributed by atoms with E-state index in [4.69, 9.17) is 0 Å². The molecule has 3 aromatic carbocycles. The van der Waals surface area contributed by atoms with Crippen LogP contribution in [-0.4, -0.2) is 0 Å². The van der Waals surface area contributed by atoms with Crippen LogP contribution in [-0.2, 0) is 19.3 Å². The molecule has 0 heterocycles. The monoisotopic (exact) mass is 346 g/mol. The first kappa shape index (κ1) is 17.3. The molecule has 0 saturated carbocycles. The van der Waals surface area contributed by atoms with Gasteiger partial charge in [-0.05, 0) is 83.2 Å². The zero-order valence-electron chi connectivity index (χ0n) is 15.6. The van der Waals surface area contributed by atoms with E-state index >= 15 is 0 Å². The van der Waals surface area contributed by atoms with Gasteiger partial charge in [0.1, 0.15) is 5.82 Å². The van der Waals surface area contributed by atoms with Crippen LogP contribution in [0.5, 0.6) is 0 Å². The van der Waals surface area contributed by atoms with Gasteiger partial charge in [-0.3, -0.25) is 0 Å². The number of rotatable bonds is 5. The molecule has 0 saturated heterocycles. The zero-order chi connectivity index (χ0) is 17.9. The van der Waals surface area contributed by atoms with Crippen molar-refractivity contribution in [1.82, 2.24) is 0 Å². The first-order valence-corrected chi connectivity index (χ1v) is 10.0. The largest absolute Gasteiger partial charge is 0.207 e. The average molecular weight is 346 g/mol. The topological polar surface area (TPSA) is 0 Å². The van der Waals surface area contributed by atoms with Crippen LogP contribution in [0.4, 0.5) is 4.39 Å². The van der Waals surface area contributed by atoms with Crippen LogP contribution in [0.1, 0.15) is 60.8 Å². The molecule has 0 nitrogen and oxygen atoms in total. The molecule has 26 heavy (non-hydrogen) atoms. The Bertz CT molecular complexity index is 909. The fourth-order valence-corrected chi connectivity index (χ4v) is 4.31. The van der Waals surface area contributed by atoms with Gasteiger partial charge in [0.05, 0.1) is 0 Å². The summed E-state index contributed by atoms with van der Waals surface area (Å²) in [6.45, 7) is 2.25. The van der Waals surface area contributed by atoms with Gasteiger partial charge in [0.25, 0.3) is 0 Å². The summed E-state index contributed by atoms with van der Waals surface area (Å²) in [5.74, 6) is 0.386. The molecule has 1 aliphatic carbocycles. The van der Waals surface area contributed by atoms with Crippen LogP contribution < -0.4 is 0 Å². The average Bonchev–Trinajstić information content (AvgIpc) is 2.67. The van der Waals surface area contributed by atoms with E-state index < -0.39 is 0 Å². The van der Waals surface area contributed by atoms with Crippen molar-refractivity contribution < 1.29 is 4.39 Å². The van der Waals surface area contributed by atoms with Crippen molar-refractivity contribution in [2.75, 3.05) is 0 Å². The van der Waals surface area contributed by atoms with Crippen molar-refractivity contribution in [1.29, 1.82) is 0 Å². The fourth-order valence-electron chi connectivity index (χ4n) is 4.31. The minimum Gasteiger partial charge on any atom is -0.207 e. The molecule has 134 valence electrons. The normalized spacial score (nSPS) is 16.6. The SMILES string of the molecule is CCCCCc1ccc2cc(C3CCc4ccc(F)cc4C3)ccc2c1. The zero-order valence-corrected chi connectivity index (χ0v) is 15.6. The highest BCUT2D eigenvalue weighted by Gasteiger charge is 2.20. The van der Waals surface area contributed by atoms with Crippen LogP contribution in [0.25, 0.3) is 10.8 Å². The summed E-state index contributed by atoms with van der Waals surface area (Å²) in [5.41, 5.74) is 5.35. The van der Waals surface area contributed by atoms with Crippen LogP contribution in [0.3, 0.4) is 0 Å². The van der Waals surface area contributed by atoms with E-state index in [0.717, 1.165) is 19.3 Å². The first-order chi connectivity index (χ1) is 12.7. The molecule has 0 radical (unpaired) electrons. The second kappa shape index (κ2) is 7.61. The Morgan fingerprint density at radius 1 is 0.885 bits per heavy atom. The van der Waals surface area contributed by atoms with E-state index in [1.165, 1.54) is 58.7 Å². The quantitative estimate of drug-likeness (QED) is 0.437. The molecule has 3 aromatic rings. The van der Waals surface area contributed by atoms with Crippen LogP contribution in [0.15, 0.2) is 54.6 Å². The predicted molar refractivity (Wildman–Crippen MR) is 108 cm³/mol. The highest BCUT2D eigenvalue weighted by Crippen LogP contribution is 2.34. The molecule has 0 aromatic heterocycles. The van der Waals surface area contributed by atoms with Crippen LogP contribution in [0, 0.1) is 5.82 Å². The van der Waals surface area contributed by atoms with Gasteiger partial charge < -0.3 is 0 Å². The third kappa shape index (κ3) is 3.67. The molecule has 0 spiro atoms. The lowest BCUT2D eigenvalue weighted by Crippen LogP contribution is -2.13. The molecule has 0 N–H and O–H groups in total. The van der Waals surface area contributed by atoms with Crippen LogP contribution in [0.2, 0.25) is 0 Å². The van der Waals surface area contributed by atoms with Crippen molar-refractivity contribution in [3.8, 4) is 0 Å². The Labute approximate surface area is 156 Å². The lowest BCUT2D eigenvalue weighted by Gasteiger charge is -2.25. The van der Waals surface area contributed by atoms with E-state index in [-0.39, 0.29) is 5.82 Å². The van der Waals surface area contributed by atoms with Gasteiger partial charge in [-0.25, -0.2) is 4.39 Å². The van der Waals surface area contributed by atoms with E-state index in [2.05, 4.69) is 43.3 Å². The molecule has 4 rings (SSSR count). The van der Waals surface area contributed by atoms with Gasteiger partial charge in [0.15, 0.2) is 0 Å². The Hall–Kier alpha value is -2.15.